The van der Waals surface area contributed by atoms with E-state index in [9.17, 15) is 9.90 Å². The van der Waals surface area contributed by atoms with Gasteiger partial charge in [-0.15, -0.1) is 0 Å². The Morgan fingerprint density at radius 1 is 1.00 bits per heavy atom. The van der Waals surface area contributed by atoms with Crippen molar-refractivity contribution >= 4 is 22.6 Å². The van der Waals surface area contributed by atoms with Crippen LogP contribution in [0.3, 0.4) is 0 Å². The number of para-hydroxylation sites is 1. The van der Waals surface area contributed by atoms with Gasteiger partial charge in [-0.1, -0.05) is 35.9 Å². The molecule has 0 saturated carbocycles. The van der Waals surface area contributed by atoms with Gasteiger partial charge in [-0.3, -0.25) is 0 Å². The average Bonchev–Trinajstić information content (AvgIpc) is 2.41. The van der Waals surface area contributed by atoms with E-state index in [0.29, 0.717) is 21.6 Å². The van der Waals surface area contributed by atoms with Gasteiger partial charge in [0.15, 0.2) is 0 Å². The van der Waals surface area contributed by atoms with Gasteiger partial charge in [-0.05, 0) is 29.8 Å². The first-order valence-electron chi connectivity index (χ1n) is 5.67. The van der Waals surface area contributed by atoms with Crippen LogP contribution in [0.25, 0.3) is 22.1 Å². The minimum absolute atomic E-state index is 0.0748. The van der Waals surface area contributed by atoms with Gasteiger partial charge in [0.05, 0.1) is 5.39 Å². The maximum Gasteiger partial charge on any atom is 0.347 e. The molecule has 0 radical (unpaired) electrons. The number of hydrogen-bond donors (Lipinski definition) is 1. The van der Waals surface area contributed by atoms with Gasteiger partial charge < -0.3 is 9.52 Å². The Balaban J connectivity index is 2.35. The van der Waals surface area contributed by atoms with E-state index < -0.39 is 5.63 Å². The van der Waals surface area contributed by atoms with Crippen LogP contribution < -0.4 is 5.63 Å². The van der Waals surface area contributed by atoms with Gasteiger partial charge in [0.2, 0.25) is 0 Å². The molecule has 0 amide bonds. The van der Waals surface area contributed by atoms with E-state index in [4.69, 9.17) is 16.0 Å². The van der Waals surface area contributed by atoms with Gasteiger partial charge >= 0.3 is 5.63 Å². The minimum Gasteiger partial charge on any atom is -0.506 e. The third kappa shape index (κ3) is 1.98. The smallest absolute Gasteiger partial charge is 0.347 e. The molecule has 3 rings (SSSR count). The summed E-state index contributed by atoms with van der Waals surface area (Å²) in [6.07, 6.45) is 0. The van der Waals surface area contributed by atoms with Crippen molar-refractivity contribution in [2.24, 2.45) is 0 Å². The Hall–Kier alpha value is -2.26. The summed E-state index contributed by atoms with van der Waals surface area (Å²) in [4.78, 5) is 12.0. The summed E-state index contributed by atoms with van der Waals surface area (Å²) in [6.45, 7) is 0. The van der Waals surface area contributed by atoms with Crippen molar-refractivity contribution < 1.29 is 9.52 Å². The lowest BCUT2D eigenvalue weighted by molar-refractivity contribution is 0.471. The molecule has 94 valence electrons. The summed E-state index contributed by atoms with van der Waals surface area (Å²) in [5.74, 6) is -0.0748. The Morgan fingerprint density at radius 3 is 2.42 bits per heavy atom. The minimum atomic E-state index is -0.571. The summed E-state index contributed by atoms with van der Waals surface area (Å²) in [7, 11) is 0. The highest BCUT2D eigenvalue weighted by Crippen LogP contribution is 2.33. The first-order valence-corrected chi connectivity index (χ1v) is 6.05. The summed E-state index contributed by atoms with van der Waals surface area (Å²) < 4.78 is 5.21. The largest absolute Gasteiger partial charge is 0.506 e. The van der Waals surface area contributed by atoms with Crippen molar-refractivity contribution in [1.29, 1.82) is 0 Å². The van der Waals surface area contributed by atoms with E-state index in [0.717, 1.165) is 0 Å². The van der Waals surface area contributed by atoms with Gasteiger partial charge in [0.1, 0.15) is 16.9 Å². The van der Waals surface area contributed by atoms with E-state index in [1.54, 1.807) is 48.5 Å². The molecule has 0 aliphatic heterocycles. The lowest BCUT2D eigenvalue weighted by atomic mass is 10.0. The first-order chi connectivity index (χ1) is 9.16. The van der Waals surface area contributed by atoms with Crippen LogP contribution in [0.5, 0.6) is 5.75 Å². The van der Waals surface area contributed by atoms with E-state index in [2.05, 4.69) is 0 Å². The number of hydrogen-bond acceptors (Lipinski definition) is 3. The molecule has 0 aliphatic rings. The lowest BCUT2D eigenvalue weighted by Gasteiger charge is -2.06. The lowest BCUT2D eigenvalue weighted by Crippen LogP contribution is -2.03. The number of halogens is 1. The van der Waals surface area contributed by atoms with Gasteiger partial charge in [0, 0.05) is 5.02 Å². The van der Waals surface area contributed by atoms with Crippen LogP contribution in [0, 0.1) is 0 Å². The predicted octanol–water partition coefficient (Wildman–Crippen LogP) is 3.82. The SMILES string of the molecule is O=c1oc2ccccc2c(O)c1-c1ccc(Cl)cc1. The molecule has 19 heavy (non-hydrogen) atoms. The van der Waals surface area contributed by atoms with E-state index in [1.165, 1.54) is 0 Å². The second kappa shape index (κ2) is 4.44. The molecule has 3 nitrogen and oxygen atoms in total. The number of benzene rings is 2. The molecule has 0 bridgehead atoms. The van der Waals surface area contributed by atoms with Crippen molar-refractivity contribution in [3.8, 4) is 16.9 Å². The van der Waals surface area contributed by atoms with Crippen LogP contribution in [-0.2, 0) is 0 Å². The molecule has 1 heterocycles. The highest BCUT2D eigenvalue weighted by molar-refractivity contribution is 6.30. The summed E-state index contributed by atoms with van der Waals surface area (Å²) in [5.41, 5.74) is 0.512. The molecule has 0 atom stereocenters. The van der Waals surface area contributed by atoms with Crippen LogP contribution in [0.1, 0.15) is 0 Å². The summed E-state index contributed by atoms with van der Waals surface area (Å²) in [5, 5.41) is 11.3. The molecule has 4 heteroatoms. The zero-order valence-electron chi connectivity index (χ0n) is 9.76. The van der Waals surface area contributed by atoms with Crippen molar-refractivity contribution in [1.82, 2.24) is 0 Å². The second-order valence-corrected chi connectivity index (χ2v) is 4.55. The van der Waals surface area contributed by atoms with Crippen molar-refractivity contribution in [3.05, 3.63) is 64.0 Å². The number of rotatable bonds is 1. The third-order valence-corrected chi connectivity index (χ3v) is 3.17. The second-order valence-electron chi connectivity index (χ2n) is 4.12. The standard InChI is InChI=1S/C15H9ClO3/c16-10-7-5-9(6-8-10)13-14(17)11-3-1-2-4-12(11)19-15(13)18/h1-8,17H. The van der Waals surface area contributed by atoms with Crippen molar-refractivity contribution in [2.45, 2.75) is 0 Å². The van der Waals surface area contributed by atoms with Crippen LogP contribution in [0.15, 0.2) is 57.7 Å². The van der Waals surface area contributed by atoms with Crippen LogP contribution >= 0.6 is 11.6 Å². The molecule has 2 aromatic carbocycles. The molecule has 1 N–H and O–H groups in total. The predicted molar refractivity (Wildman–Crippen MR) is 74.6 cm³/mol. The van der Waals surface area contributed by atoms with Crippen molar-refractivity contribution in [3.63, 3.8) is 0 Å². The Morgan fingerprint density at radius 2 is 1.68 bits per heavy atom. The fourth-order valence-corrected chi connectivity index (χ4v) is 2.13. The van der Waals surface area contributed by atoms with Gasteiger partial charge in [-0.25, -0.2) is 4.79 Å². The Labute approximate surface area is 113 Å². The molecule has 0 fully saturated rings. The normalized spacial score (nSPS) is 10.8. The Kier molecular flexibility index (Phi) is 2.76. The fraction of sp³-hybridized carbons (Fsp3) is 0. The average molecular weight is 273 g/mol. The molecular weight excluding hydrogens is 264 g/mol. The number of fused-ring (bicyclic) bond motifs is 1. The van der Waals surface area contributed by atoms with Gasteiger partial charge in [-0.2, -0.15) is 0 Å². The zero-order chi connectivity index (χ0) is 13.4. The van der Waals surface area contributed by atoms with E-state index >= 15 is 0 Å². The van der Waals surface area contributed by atoms with Gasteiger partial charge in [0.25, 0.3) is 0 Å². The molecule has 1 aromatic heterocycles. The highest BCUT2D eigenvalue weighted by atomic mass is 35.5. The summed E-state index contributed by atoms with van der Waals surface area (Å²) >= 11 is 5.81. The zero-order valence-corrected chi connectivity index (χ0v) is 10.5. The molecular formula is C15H9ClO3. The monoisotopic (exact) mass is 272 g/mol. The first kappa shape index (κ1) is 11.8. The molecule has 0 spiro atoms. The van der Waals surface area contributed by atoms with Crippen LogP contribution in [0.4, 0.5) is 0 Å². The third-order valence-electron chi connectivity index (χ3n) is 2.92. The Bertz CT molecular complexity index is 804. The highest BCUT2D eigenvalue weighted by Gasteiger charge is 2.15. The summed E-state index contributed by atoms with van der Waals surface area (Å²) in [6, 6.07) is 13.5. The molecule has 0 saturated heterocycles. The van der Waals surface area contributed by atoms with E-state index in [1.807, 2.05) is 0 Å². The quantitative estimate of drug-likeness (QED) is 0.685. The maximum atomic E-state index is 12.0. The fourth-order valence-electron chi connectivity index (χ4n) is 2.00. The molecule has 0 aliphatic carbocycles. The topological polar surface area (TPSA) is 50.4 Å². The number of aromatic hydroxyl groups is 1. The van der Waals surface area contributed by atoms with Crippen molar-refractivity contribution in [2.75, 3.05) is 0 Å². The van der Waals surface area contributed by atoms with E-state index in [-0.39, 0.29) is 11.3 Å². The maximum absolute atomic E-state index is 12.0. The van der Waals surface area contributed by atoms with Crippen LogP contribution in [-0.4, -0.2) is 5.11 Å². The molecule has 3 aromatic rings. The molecule has 0 unspecified atom stereocenters. The van der Waals surface area contributed by atoms with Crippen LogP contribution in [0.2, 0.25) is 5.02 Å².